The van der Waals surface area contributed by atoms with Crippen LogP contribution in [0.15, 0.2) is 30.3 Å². The van der Waals surface area contributed by atoms with Gasteiger partial charge in [0.2, 0.25) is 5.91 Å². The van der Waals surface area contributed by atoms with E-state index in [1.807, 2.05) is 0 Å². The van der Waals surface area contributed by atoms with Crippen molar-refractivity contribution in [2.45, 2.75) is 24.9 Å². The molecular formula is C16H23N3O. The number of nitrogens with zero attached hydrogens (tertiary/aromatic N) is 1. The van der Waals surface area contributed by atoms with Crippen molar-refractivity contribution in [3.8, 4) is 0 Å². The second-order valence-corrected chi connectivity index (χ2v) is 6.18. The van der Waals surface area contributed by atoms with Gasteiger partial charge in [-0.15, -0.1) is 0 Å². The zero-order valence-corrected chi connectivity index (χ0v) is 12.2. The van der Waals surface area contributed by atoms with Gasteiger partial charge in [-0.1, -0.05) is 30.3 Å². The zero-order chi connectivity index (χ0) is 14.2. The maximum atomic E-state index is 11.6. The number of nitrogens with one attached hydrogen (secondary N) is 2. The summed E-state index contributed by atoms with van der Waals surface area (Å²) >= 11 is 0. The lowest BCUT2D eigenvalue weighted by molar-refractivity contribution is -0.121. The molecule has 2 N–H and O–H groups in total. The third-order valence-corrected chi connectivity index (χ3v) is 4.74. The van der Waals surface area contributed by atoms with Crippen molar-refractivity contribution in [3.05, 3.63) is 35.9 Å². The van der Waals surface area contributed by atoms with Crippen molar-refractivity contribution >= 4 is 5.91 Å². The molecule has 1 aromatic carbocycles. The predicted octanol–water partition coefficient (Wildman–Crippen LogP) is 1.16. The molecule has 0 unspecified atom stereocenters. The van der Waals surface area contributed by atoms with Gasteiger partial charge >= 0.3 is 0 Å². The Labute approximate surface area is 120 Å². The quantitative estimate of drug-likeness (QED) is 0.850. The molecule has 108 valence electrons. The Balaban J connectivity index is 1.95. The van der Waals surface area contributed by atoms with Crippen LogP contribution in [0, 0.1) is 5.92 Å². The van der Waals surface area contributed by atoms with Crippen LogP contribution in [0.4, 0.5) is 0 Å². The number of benzene rings is 1. The number of likely N-dealkylation sites (tertiary alicyclic amines) is 1. The van der Waals surface area contributed by atoms with Crippen LogP contribution in [0.2, 0.25) is 0 Å². The predicted molar refractivity (Wildman–Crippen MR) is 79.3 cm³/mol. The second-order valence-electron chi connectivity index (χ2n) is 6.18. The van der Waals surface area contributed by atoms with Crippen LogP contribution >= 0.6 is 0 Å². The lowest BCUT2D eigenvalue weighted by Crippen LogP contribution is -2.62. The highest BCUT2D eigenvalue weighted by molar-refractivity contribution is 5.74. The van der Waals surface area contributed by atoms with E-state index in [2.05, 4.69) is 52.9 Å². The number of carbonyl (C=O) groups excluding carboxylic acids is 1. The molecule has 1 amide bonds. The normalized spacial score (nSPS) is 33.7. The number of hydrogen-bond acceptors (Lipinski definition) is 3. The molecule has 0 aliphatic carbocycles. The summed E-state index contributed by atoms with van der Waals surface area (Å²) in [7, 11) is 2.17. The molecule has 0 bridgehead atoms. The van der Waals surface area contributed by atoms with E-state index in [1.54, 1.807) is 6.92 Å². The van der Waals surface area contributed by atoms with Crippen LogP contribution in [0.3, 0.4) is 0 Å². The molecule has 0 radical (unpaired) electrons. The summed E-state index contributed by atoms with van der Waals surface area (Å²) < 4.78 is 0. The minimum Gasteiger partial charge on any atom is -0.348 e. The number of rotatable bonds is 2. The largest absolute Gasteiger partial charge is 0.348 e. The van der Waals surface area contributed by atoms with Crippen molar-refractivity contribution in [2.24, 2.45) is 5.92 Å². The smallest absolute Gasteiger partial charge is 0.217 e. The molecular weight excluding hydrogens is 250 g/mol. The summed E-state index contributed by atoms with van der Waals surface area (Å²) in [4.78, 5) is 14.0. The average molecular weight is 273 g/mol. The van der Waals surface area contributed by atoms with Crippen LogP contribution < -0.4 is 10.6 Å². The Morgan fingerprint density at radius 3 is 2.85 bits per heavy atom. The van der Waals surface area contributed by atoms with Crippen LogP contribution in [-0.4, -0.2) is 43.0 Å². The lowest BCUT2D eigenvalue weighted by atomic mass is 9.76. The summed E-state index contributed by atoms with van der Waals surface area (Å²) in [6.07, 6.45) is 1.10. The Morgan fingerprint density at radius 2 is 2.15 bits per heavy atom. The topological polar surface area (TPSA) is 44.4 Å². The number of hydrogen-bond donors (Lipinski definition) is 2. The van der Waals surface area contributed by atoms with Gasteiger partial charge < -0.3 is 10.6 Å². The first-order valence-corrected chi connectivity index (χ1v) is 7.37. The molecule has 0 saturated carbocycles. The molecule has 4 heteroatoms. The van der Waals surface area contributed by atoms with E-state index >= 15 is 0 Å². The van der Waals surface area contributed by atoms with Crippen molar-refractivity contribution < 1.29 is 4.79 Å². The maximum Gasteiger partial charge on any atom is 0.217 e. The summed E-state index contributed by atoms with van der Waals surface area (Å²) in [5, 5.41) is 6.70. The number of carbonyl (C=O) groups is 1. The fourth-order valence-corrected chi connectivity index (χ4v) is 4.12. The van der Waals surface area contributed by atoms with E-state index in [0.29, 0.717) is 12.0 Å². The van der Waals surface area contributed by atoms with E-state index in [0.717, 1.165) is 26.1 Å². The van der Waals surface area contributed by atoms with Gasteiger partial charge in [0, 0.05) is 32.0 Å². The highest BCUT2D eigenvalue weighted by Crippen LogP contribution is 2.45. The molecule has 2 aliphatic heterocycles. The van der Waals surface area contributed by atoms with E-state index < -0.39 is 0 Å². The molecule has 0 spiro atoms. The zero-order valence-electron chi connectivity index (χ0n) is 12.2. The van der Waals surface area contributed by atoms with Gasteiger partial charge in [-0.05, 0) is 25.6 Å². The molecule has 20 heavy (non-hydrogen) atoms. The molecule has 2 aliphatic rings. The van der Waals surface area contributed by atoms with Crippen molar-refractivity contribution in [3.63, 3.8) is 0 Å². The summed E-state index contributed by atoms with van der Waals surface area (Å²) in [5.74, 6) is 0.542. The molecule has 3 atom stereocenters. The maximum absolute atomic E-state index is 11.6. The van der Waals surface area contributed by atoms with E-state index in [1.165, 1.54) is 5.56 Å². The monoisotopic (exact) mass is 273 g/mol. The number of likely N-dealkylation sites (N-methyl/N-ethyl adjacent to an activating group) is 1. The Hall–Kier alpha value is -1.39. The summed E-state index contributed by atoms with van der Waals surface area (Å²) in [6.45, 7) is 4.42. The van der Waals surface area contributed by atoms with Gasteiger partial charge in [-0.25, -0.2) is 0 Å². The fraction of sp³-hybridized carbons (Fsp3) is 0.562. The van der Waals surface area contributed by atoms with Gasteiger partial charge in [0.05, 0.1) is 5.54 Å². The number of amides is 1. The first-order valence-electron chi connectivity index (χ1n) is 7.37. The minimum absolute atomic E-state index is 0.0702. The first kappa shape index (κ1) is 13.6. The van der Waals surface area contributed by atoms with E-state index in [9.17, 15) is 4.79 Å². The Morgan fingerprint density at radius 1 is 1.40 bits per heavy atom. The fourth-order valence-electron chi connectivity index (χ4n) is 4.12. The molecule has 2 heterocycles. The summed E-state index contributed by atoms with van der Waals surface area (Å²) in [5.41, 5.74) is 1.23. The van der Waals surface area contributed by atoms with E-state index in [-0.39, 0.29) is 11.4 Å². The highest BCUT2D eigenvalue weighted by Gasteiger charge is 2.53. The second kappa shape index (κ2) is 5.19. The molecule has 4 nitrogen and oxygen atoms in total. The van der Waals surface area contributed by atoms with Gasteiger partial charge in [-0.2, -0.15) is 0 Å². The molecule has 0 aromatic heterocycles. The molecule has 3 rings (SSSR count). The molecule has 2 fully saturated rings. The lowest BCUT2D eigenvalue weighted by Gasteiger charge is -2.41. The average Bonchev–Trinajstić information content (AvgIpc) is 2.70. The third-order valence-electron chi connectivity index (χ3n) is 4.74. The highest BCUT2D eigenvalue weighted by atomic mass is 16.1. The SMILES string of the molecule is CC(=O)N[C@@]12CNCC[C@@H]1[C@@H](c1ccccc1)N(C)C2. The summed E-state index contributed by atoms with van der Waals surface area (Å²) in [6, 6.07) is 11.1. The number of piperidine rings is 1. The molecule has 1 aromatic rings. The van der Waals surface area contributed by atoms with Gasteiger partial charge in [-0.3, -0.25) is 9.69 Å². The van der Waals surface area contributed by atoms with Crippen molar-refractivity contribution in [1.29, 1.82) is 0 Å². The van der Waals surface area contributed by atoms with Crippen molar-refractivity contribution in [1.82, 2.24) is 15.5 Å². The standard InChI is InChI=1S/C16H23N3O/c1-12(20)18-16-10-17-9-8-14(16)15(19(2)11-16)13-6-4-3-5-7-13/h3-7,14-15,17H,8-11H2,1-2H3,(H,18,20)/t14-,15-,16-/m1/s1. The molecule has 2 saturated heterocycles. The van der Waals surface area contributed by atoms with Gasteiger partial charge in [0.15, 0.2) is 0 Å². The van der Waals surface area contributed by atoms with Crippen molar-refractivity contribution in [2.75, 3.05) is 26.7 Å². The third kappa shape index (κ3) is 2.23. The van der Waals surface area contributed by atoms with Crippen LogP contribution in [0.5, 0.6) is 0 Å². The first-order chi connectivity index (χ1) is 9.62. The number of fused-ring (bicyclic) bond motifs is 1. The van der Waals surface area contributed by atoms with Gasteiger partial charge in [0.25, 0.3) is 0 Å². The van der Waals surface area contributed by atoms with E-state index in [4.69, 9.17) is 0 Å². The van der Waals surface area contributed by atoms with Crippen LogP contribution in [0.25, 0.3) is 0 Å². The van der Waals surface area contributed by atoms with Gasteiger partial charge in [0.1, 0.15) is 0 Å². The Bertz CT molecular complexity index is 490. The van der Waals surface area contributed by atoms with Crippen LogP contribution in [-0.2, 0) is 4.79 Å². The van der Waals surface area contributed by atoms with Crippen LogP contribution in [0.1, 0.15) is 24.9 Å². The Kier molecular flexibility index (Phi) is 3.52. The minimum atomic E-state index is -0.126.